The minimum Gasteiger partial charge on any atom is -0.541 e. The van der Waals surface area contributed by atoms with Crippen LogP contribution in [0.4, 0.5) is 0 Å². The van der Waals surface area contributed by atoms with Crippen molar-refractivity contribution in [2.75, 3.05) is 13.1 Å². The number of nitrogens with zero attached hydrogens (tertiary/aromatic N) is 2. The largest absolute Gasteiger partial charge is 0.541 e. The van der Waals surface area contributed by atoms with Gasteiger partial charge in [0, 0.05) is 29.5 Å². The fraction of sp³-hybridized carbons (Fsp3) is 0.842. The summed E-state index contributed by atoms with van der Waals surface area (Å²) in [4.78, 5) is 2.77. The van der Waals surface area contributed by atoms with Crippen molar-refractivity contribution < 1.29 is 18.8 Å². The number of aliphatic hydroxyl groups is 1. The van der Waals surface area contributed by atoms with E-state index in [0.717, 1.165) is 50.3 Å². The van der Waals surface area contributed by atoms with E-state index in [1.807, 2.05) is 0 Å². The van der Waals surface area contributed by atoms with Crippen molar-refractivity contribution in [2.24, 2.45) is 11.8 Å². The quantitative estimate of drug-likeness (QED) is 0.216. The Labute approximate surface area is 290 Å². The summed E-state index contributed by atoms with van der Waals surface area (Å²) in [6, 6.07) is 5.34. The van der Waals surface area contributed by atoms with Crippen LogP contribution in [0, 0.1) is 11.8 Å². The van der Waals surface area contributed by atoms with Crippen LogP contribution in [0.1, 0.15) is 99.1 Å². The number of aliphatic hydroxyl groups excluding tert-OH is 1. The Balaban J connectivity index is 1.49. The number of ether oxygens (including phenoxy) is 1. The van der Waals surface area contributed by atoms with Gasteiger partial charge in [-0.15, -0.1) is 0 Å². The van der Waals surface area contributed by atoms with E-state index in [2.05, 4.69) is 123 Å². The zero-order valence-electron chi connectivity index (χ0n) is 32.6. The fourth-order valence-corrected chi connectivity index (χ4v) is 13.9. The van der Waals surface area contributed by atoms with Crippen LogP contribution < -0.4 is 9.16 Å². The number of hydrogen-bond acceptors (Lipinski definition) is 6. The first-order valence-electron chi connectivity index (χ1n) is 18.8. The molecule has 0 aromatic heterocycles. The van der Waals surface area contributed by atoms with Crippen molar-refractivity contribution in [1.82, 2.24) is 9.63 Å². The Hall–Kier alpha value is -0.689. The average Bonchev–Trinajstić information content (AvgIpc) is 3.49. The molecule has 2 aliphatic heterocycles. The lowest BCUT2D eigenvalue weighted by atomic mass is 9.51. The molecule has 47 heavy (non-hydrogen) atoms. The summed E-state index contributed by atoms with van der Waals surface area (Å²) < 4.78 is 25.0. The van der Waals surface area contributed by atoms with E-state index in [1.165, 1.54) is 17.5 Å². The van der Waals surface area contributed by atoms with E-state index in [-0.39, 0.29) is 38.8 Å². The normalized spacial score (nSPS) is 32.7. The van der Waals surface area contributed by atoms with Gasteiger partial charge in [0.05, 0.1) is 12.1 Å². The third-order valence-electron chi connectivity index (χ3n) is 14.7. The number of likely N-dealkylation sites (tertiary alicyclic amines) is 1. The molecular weight excluding hydrogens is 633 g/mol. The molecule has 1 spiro atoms. The molecule has 1 saturated heterocycles. The van der Waals surface area contributed by atoms with Gasteiger partial charge in [-0.05, 0) is 97.5 Å². The van der Waals surface area contributed by atoms with Crippen LogP contribution in [0.2, 0.25) is 54.4 Å². The van der Waals surface area contributed by atoms with E-state index >= 15 is 0 Å². The number of benzene rings is 1. The molecule has 5 aliphatic rings. The third-order valence-corrected chi connectivity index (χ3v) is 28.7. The molecule has 1 aromatic carbocycles. The van der Waals surface area contributed by atoms with Crippen LogP contribution in [0.15, 0.2) is 12.1 Å². The first kappa shape index (κ1) is 36.1. The van der Waals surface area contributed by atoms with Crippen molar-refractivity contribution in [3.8, 4) is 11.5 Å². The minimum absolute atomic E-state index is 0.0366. The Morgan fingerprint density at radius 2 is 1.53 bits per heavy atom. The van der Waals surface area contributed by atoms with E-state index in [9.17, 15) is 5.11 Å². The predicted octanol–water partition coefficient (Wildman–Crippen LogP) is 9.10. The highest BCUT2D eigenvalue weighted by Gasteiger charge is 2.68. The van der Waals surface area contributed by atoms with E-state index in [1.54, 1.807) is 0 Å². The molecule has 1 N–H and O–H groups in total. The summed E-state index contributed by atoms with van der Waals surface area (Å²) in [5.41, 5.74) is 2.91. The van der Waals surface area contributed by atoms with Crippen molar-refractivity contribution >= 4 is 24.9 Å². The van der Waals surface area contributed by atoms with Crippen LogP contribution in [-0.2, 0) is 16.4 Å². The number of rotatable bonds is 8. The average molecular weight is 701 g/mol. The standard InChI is InChI=1S/C38H68N2O4Si3/c1-35(2,3)45(10,11)40(44-47(14,15)37(7,8)9)28-18-17-27-29-22-25-16-19-31(43-46(12,13)36(4,5)6)33-32(25)38(27,34(28)42-33)20-21-39(29)24-26-23-30(26)41/h16,19,26-30,34,41H,17-18,20-24H2,1-15H3/t26?,27-,28-,29+,30?,34-,38-/m0/s1. The highest BCUT2D eigenvalue weighted by Crippen LogP contribution is 2.65. The highest BCUT2D eigenvalue weighted by molar-refractivity contribution is 6.79. The summed E-state index contributed by atoms with van der Waals surface area (Å²) in [6.07, 6.45) is 5.36. The maximum absolute atomic E-state index is 10.3. The summed E-state index contributed by atoms with van der Waals surface area (Å²) in [5, 5.41) is 10.7. The molecule has 2 bridgehead atoms. The van der Waals surface area contributed by atoms with E-state index < -0.39 is 24.9 Å². The minimum atomic E-state index is -2.15. The Morgan fingerprint density at radius 3 is 2.09 bits per heavy atom. The summed E-state index contributed by atoms with van der Waals surface area (Å²) in [7, 11) is -6.39. The first-order chi connectivity index (χ1) is 21.3. The Bertz CT molecular complexity index is 1380. The lowest BCUT2D eigenvalue weighted by Gasteiger charge is -2.62. The topological polar surface area (TPSA) is 54.4 Å². The first-order valence-corrected chi connectivity index (χ1v) is 27.5. The van der Waals surface area contributed by atoms with Gasteiger partial charge in [-0.3, -0.25) is 4.90 Å². The molecule has 9 heteroatoms. The summed E-state index contributed by atoms with van der Waals surface area (Å²) in [5.74, 6) is 3.02. The lowest BCUT2D eigenvalue weighted by Crippen LogP contribution is -2.73. The number of hydroxylamine groups is 1. The van der Waals surface area contributed by atoms with Gasteiger partial charge in [0.2, 0.25) is 8.32 Å². The van der Waals surface area contributed by atoms with Crippen molar-refractivity contribution in [2.45, 2.75) is 179 Å². The molecule has 0 amide bonds. The van der Waals surface area contributed by atoms with E-state index in [0.29, 0.717) is 17.9 Å². The van der Waals surface area contributed by atoms with Gasteiger partial charge < -0.3 is 18.8 Å². The third kappa shape index (κ3) is 5.68. The van der Waals surface area contributed by atoms with Crippen LogP contribution in [-0.4, -0.2) is 77.0 Å². The molecule has 2 saturated carbocycles. The SMILES string of the molecule is CC(C)(C)[Si](C)(C)Oc1ccc2c3c1O[C@H]1[C@@H](N(O[Si](C)(C)C(C)(C)C)[Si](C)(C)C(C)(C)C)CC[C@H]4[C@@H](C2)N(CC2CC2O)CC[C@@]341. The molecule has 266 valence electrons. The predicted molar refractivity (Wildman–Crippen MR) is 202 cm³/mol. The van der Waals surface area contributed by atoms with Gasteiger partial charge in [0.1, 0.15) is 11.9 Å². The van der Waals surface area contributed by atoms with Gasteiger partial charge in [0.15, 0.2) is 14.0 Å². The maximum Gasteiger partial charge on any atom is 0.250 e. The number of piperidine rings is 1. The summed E-state index contributed by atoms with van der Waals surface area (Å²) in [6.45, 7) is 38.1. The van der Waals surface area contributed by atoms with Crippen LogP contribution in [0.5, 0.6) is 11.5 Å². The highest BCUT2D eigenvalue weighted by atomic mass is 28.4. The molecular formula is C38H68N2O4Si3. The molecule has 3 fully saturated rings. The van der Waals surface area contributed by atoms with Gasteiger partial charge in [-0.1, -0.05) is 81.5 Å². The molecule has 1 aromatic rings. The van der Waals surface area contributed by atoms with Gasteiger partial charge >= 0.3 is 0 Å². The van der Waals surface area contributed by atoms with Crippen molar-refractivity contribution in [1.29, 1.82) is 0 Å². The second kappa shape index (κ2) is 11.2. The molecule has 2 heterocycles. The van der Waals surface area contributed by atoms with Gasteiger partial charge in [-0.25, -0.2) is 4.73 Å². The van der Waals surface area contributed by atoms with Gasteiger partial charge in [0.25, 0.3) is 8.32 Å². The second-order valence-corrected chi connectivity index (χ2v) is 35.2. The molecule has 6 rings (SSSR count). The van der Waals surface area contributed by atoms with Crippen molar-refractivity contribution in [3.05, 3.63) is 23.3 Å². The molecule has 6 nitrogen and oxygen atoms in total. The number of hydrogen-bond donors (Lipinski definition) is 1. The Kier molecular flexibility index (Phi) is 8.57. The van der Waals surface area contributed by atoms with Gasteiger partial charge in [-0.2, -0.15) is 0 Å². The zero-order valence-corrected chi connectivity index (χ0v) is 35.6. The van der Waals surface area contributed by atoms with E-state index in [4.69, 9.17) is 13.7 Å². The molecule has 0 radical (unpaired) electrons. The maximum atomic E-state index is 10.3. The lowest BCUT2D eigenvalue weighted by molar-refractivity contribution is -0.136. The monoisotopic (exact) mass is 700 g/mol. The van der Waals surface area contributed by atoms with Crippen LogP contribution >= 0.6 is 0 Å². The van der Waals surface area contributed by atoms with Crippen LogP contribution in [0.25, 0.3) is 0 Å². The second-order valence-electron chi connectivity index (χ2n) is 20.7. The molecule has 2 unspecified atom stereocenters. The Morgan fingerprint density at radius 1 is 0.915 bits per heavy atom. The molecule has 7 atom stereocenters. The summed E-state index contributed by atoms with van der Waals surface area (Å²) >= 11 is 0. The molecule has 3 aliphatic carbocycles. The van der Waals surface area contributed by atoms with Crippen molar-refractivity contribution in [3.63, 3.8) is 0 Å². The van der Waals surface area contributed by atoms with Crippen LogP contribution in [0.3, 0.4) is 0 Å². The smallest absolute Gasteiger partial charge is 0.250 e. The fourth-order valence-electron chi connectivity index (χ4n) is 8.60. The zero-order chi connectivity index (χ0) is 34.9.